The van der Waals surface area contributed by atoms with Gasteiger partial charge >= 0.3 is 0 Å². The molecular weight excluding hydrogens is 332 g/mol. The van der Waals surface area contributed by atoms with Crippen molar-refractivity contribution in [1.82, 2.24) is 25.3 Å². The molecule has 0 aliphatic carbocycles. The quantitative estimate of drug-likeness (QED) is 0.650. The number of aliphatic hydroxyl groups is 1. The zero-order chi connectivity index (χ0) is 18.1. The molecule has 1 aliphatic rings. The van der Waals surface area contributed by atoms with Crippen LogP contribution in [0.3, 0.4) is 0 Å². The fourth-order valence-corrected chi connectivity index (χ4v) is 3.12. The van der Waals surface area contributed by atoms with Gasteiger partial charge in [0, 0.05) is 37.1 Å². The first-order valence-corrected chi connectivity index (χ1v) is 8.49. The van der Waals surface area contributed by atoms with Crippen LogP contribution in [-0.2, 0) is 0 Å². The summed E-state index contributed by atoms with van der Waals surface area (Å²) in [5, 5.41) is 36.0. The molecule has 1 aromatic carbocycles. The summed E-state index contributed by atoms with van der Waals surface area (Å²) < 4.78 is 1.68. The summed E-state index contributed by atoms with van der Waals surface area (Å²) in [5.41, 5.74) is 1.96. The van der Waals surface area contributed by atoms with E-state index < -0.39 is 6.23 Å². The van der Waals surface area contributed by atoms with Crippen LogP contribution in [0.4, 0.5) is 5.82 Å². The fraction of sp³-hybridized carbons (Fsp3) is 0.278. The molecule has 2 unspecified atom stereocenters. The molecule has 8 heteroatoms. The molecule has 1 saturated heterocycles. The van der Waals surface area contributed by atoms with Crippen molar-refractivity contribution in [3.05, 3.63) is 48.8 Å². The Hall–Kier alpha value is -2.97. The van der Waals surface area contributed by atoms with Gasteiger partial charge in [0.2, 0.25) is 0 Å². The summed E-state index contributed by atoms with van der Waals surface area (Å²) in [6.45, 7) is 3.37. The van der Waals surface area contributed by atoms with E-state index in [2.05, 4.69) is 20.6 Å². The van der Waals surface area contributed by atoms with Gasteiger partial charge in [-0.25, -0.2) is 4.68 Å². The largest absolute Gasteiger partial charge is 0.507 e. The minimum atomic E-state index is -0.593. The van der Waals surface area contributed by atoms with Crippen molar-refractivity contribution in [2.24, 2.45) is 0 Å². The van der Waals surface area contributed by atoms with Crippen LogP contribution in [0.15, 0.2) is 48.8 Å². The minimum absolute atomic E-state index is 0.0920. The minimum Gasteiger partial charge on any atom is -0.507 e. The lowest BCUT2D eigenvalue weighted by atomic mass is 10.1. The van der Waals surface area contributed by atoms with Crippen LogP contribution in [0.1, 0.15) is 6.92 Å². The van der Waals surface area contributed by atoms with E-state index in [1.165, 1.54) is 0 Å². The third-order valence-electron chi connectivity index (χ3n) is 4.63. The van der Waals surface area contributed by atoms with Gasteiger partial charge in [-0.1, -0.05) is 0 Å². The second-order valence-electron chi connectivity index (χ2n) is 6.26. The highest BCUT2D eigenvalue weighted by Crippen LogP contribution is 2.30. The number of piperazine rings is 1. The van der Waals surface area contributed by atoms with Crippen molar-refractivity contribution in [3.8, 4) is 22.7 Å². The Balaban J connectivity index is 1.59. The fourth-order valence-electron chi connectivity index (χ4n) is 3.12. The van der Waals surface area contributed by atoms with Gasteiger partial charge in [-0.3, -0.25) is 5.32 Å². The first-order valence-electron chi connectivity index (χ1n) is 8.49. The molecule has 3 aromatic rings. The lowest BCUT2D eigenvalue weighted by Crippen LogP contribution is -2.57. The smallest absolute Gasteiger partial charge is 0.151 e. The second-order valence-corrected chi connectivity index (χ2v) is 6.26. The van der Waals surface area contributed by atoms with E-state index in [0.29, 0.717) is 23.6 Å². The van der Waals surface area contributed by atoms with Gasteiger partial charge in [0.05, 0.1) is 17.4 Å². The third-order valence-corrected chi connectivity index (χ3v) is 4.63. The maximum atomic E-state index is 10.4. The lowest BCUT2D eigenvalue weighted by Gasteiger charge is -2.38. The molecule has 8 nitrogen and oxygen atoms in total. The number of benzene rings is 1. The molecule has 4 rings (SSSR count). The van der Waals surface area contributed by atoms with Gasteiger partial charge in [-0.15, -0.1) is 10.2 Å². The zero-order valence-corrected chi connectivity index (χ0v) is 14.3. The first kappa shape index (κ1) is 16.5. The Morgan fingerprint density at radius 2 is 2.08 bits per heavy atom. The maximum absolute atomic E-state index is 10.4. The van der Waals surface area contributed by atoms with Crippen molar-refractivity contribution < 1.29 is 10.2 Å². The molecule has 2 aromatic heterocycles. The predicted octanol–water partition coefficient (Wildman–Crippen LogP) is 1.15. The Morgan fingerprint density at radius 3 is 2.77 bits per heavy atom. The van der Waals surface area contributed by atoms with Crippen LogP contribution < -0.4 is 10.2 Å². The van der Waals surface area contributed by atoms with Gasteiger partial charge in [0.1, 0.15) is 12.0 Å². The highest BCUT2D eigenvalue weighted by molar-refractivity contribution is 5.69. The van der Waals surface area contributed by atoms with Gasteiger partial charge in [0.25, 0.3) is 0 Å². The molecule has 134 valence electrons. The van der Waals surface area contributed by atoms with Crippen LogP contribution in [0.25, 0.3) is 16.9 Å². The molecule has 0 amide bonds. The van der Waals surface area contributed by atoms with E-state index >= 15 is 0 Å². The third kappa shape index (κ3) is 3.00. The Labute approximate surface area is 150 Å². The van der Waals surface area contributed by atoms with Gasteiger partial charge in [-0.05, 0) is 37.3 Å². The SMILES string of the molecule is CC1C(O)NCCN1c1ccc(-c2ccc(-n3cccn3)cc2O)nn1. The summed E-state index contributed by atoms with van der Waals surface area (Å²) in [6.07, 6.45) is 2.90. The number of rotatable bonds is 3. The topological polar surface area (TPSA) is 99.3 Å². The summed E-state index contributed by atoms with van der Waals surface area (Å²) in [6, 6.07) is 10.7. The number of aromatic nitrogens is 4. The number of nitrogens with one attached hydrogen (secondary N) is 1. The predicted molar refractivity (Wildman–Crippen MR) is 97.1 cm³/mol. The number of phenols is 1. The molecular formula is C18H20N6O2. The number of aliphatic hydroxyl groups excluding tert-OH is 1. The highest BCUT2D eigenvalue weighted by Gasteiger charge is 2.27. The van der Waals surface area contributed by atoms with Crippen molar-refractivity contribution in [2.45, 2.75) is 19.2 Å². The monoisotopic (exact) mass is 352 g/mol. The number of nitrogens with zero attached hydrogens (tertiary/aromatic N) is 5. The number of hydrogen-bond acceptors (Lipinski definition) is 7. The van der Waals surface area contributed by atoms with E-state index in [0.717, 1.165) is 12.2 Å². The normalized spacial score (nSPS) is 20.3. The van der Waals surface area contributed by atoms with Crippen molar-refractivity contribution >= 4 is 5.82 Å². The van der Waals surface area contributed by atoms with Crippen molar-refractivity contribution in [2.75, 3.05) is 18.0 Å². The summed E-state index contributed by atoms with van der Waals surface area (Å²) in [4.78, 5) is 2.01. The number of anilines is 1. The summed E-state index contributed by atoms with van der Waals surface area (Å²) >= 11 is 0. The number of aromatic hydroxyl groups is 1. The second kappa shape index (κ2) is 6.74. The molecule has 0 saturated carbocycles. The van der Waals surface area contributed by atoms with Gasteiger partial charge in [-0.2, -0.15) is 5.10 Å². The molecule has 0 bridgehead atoms. The van der Waals surface area contributed by atoms with Crippen molar-refractivity contribution in [1.29, 1.82) is 0 Å². The first-order chi connectivity index (χ1) is 12.6. The van der Waals surface area contributed by atoms with Gasteiger partial charge < -0.3 is 15.1 Å². The van der Waals surface area contributed by atoms with Crippen molar-refractivity contribution in [3.63, 3.8) is 0 Å². The lowest BCUT2D eigenvalue weighted by molar-refractivity contribution is 0.0970. The van der Waals surface area contributed by atoms with Crippen LogP contribution in [0.5, 0.6) is 5.75 Å². The average Bonchev–Trinajstić information content (AvgIpc) is 3.19. The molecule has 3 N–H and O–H groups in total. The molecule has 26 heavy (non-hydrogen) atoms. The molecule has 1 aliphatic heterocycles. The standard InChI is InChI=1S/C18H20N6O2/c1-12-18(26)19-8-10-23(12)17-6-5-15(21-22-17)14-4-3-13(11-16(14)25)24-9-2-7-20-24/h2-7,9,11-12,18-19,25-26H,8,10H2,1H3. The van der Waals surface area contributed by atoms with Crippen LogP contribution in [0.2, 0.25) is 0 Å². The summed E-state index contributed by atoms with van der Waals surface area (Å²) in [7, 11) is 0. The van der Waals surface area contributed by atoms with E-state index in [1.54, 1.807) is 23.0 Å². The summed E-state index contributed by atoms with van der Waals surface area (Å²) in [5.74, 6) is 0.820. The van der Waals surface area contributed by atoms with E-state index in [1.807, 2.05) is 42.3 Å². The van der Waals surface area contributed by atoms with Gasteiger partial charge in [0.15, 0.2) is 5.82 Å². The Morgan fingerprint density at radius 1 is 1.19 bits per heavy atom. The molecule has 0 radical (unpaired) electrons. The molecule has 3 heterocycles. The highest BCUT2D eigenvalue weighted by atomic mass is 16.3. The van der Waals surface area contributed by atoms with E-state index in [4.69, 9.17) is 0 Å². The number of phenolic OH excluding ortho intramolecular Hbond substituents is 1. The average molecular weight is 352 g/mol. The Bertz CT molecular complexity index is 881. The molecule has 0 spiro atoms. The molecule has 1 fully saturated rings. The maximum Gasteiger partial charge on any atom is 0.151 e. The van der Waals surface area contributed by atoms with Crippen LogP contribution in [0, 0.1) is 0 Å². The zero-order valence-electron chi connectivity index (χ0n) is 14.3. The van der Waals surface area contributed by atoms with Crippen LogP contribution in [-0.4, -0.2) is 55.6 Å². The number of hydrogen-bond donors (Lipinski definition) is 3. The van der Waals surface area contributed by atoms with E-state index in [9.17, 15) is 10.2 Å². The van der Waals surface area contributed by atoms with E-state index in [-0.39, 0.29) is 11.8 Å². The Kier molecular flexibility index (Phi) is 4.27. The molecule has 2 atom stereocenters. The van der Waals surface area contributed by atoms with Crippen LogP contribution >= 0.6 is 0 Å².